The fraction of sp³-hybridized carbons (Fsp3) is 1.00. The number of rotatable bonds is 1. The van der Waals surface area contributed by atoms with Gasteiger partial charge in [0.1, 0.15) is 0 Å². The van der Waals surface area contributed by atoms with Crippen LogP contribution < -0.4 is 0 Å². The van der Waals surface area contributed by atoms with Gasteiger partial charge in [0.2, 0.25) is 0 Å². The van der Waals surface area contributed by atoms with Crippen molar-refractivity contribution in [2.75, 3.05) is 13.2 Å². The Labute approximate surface area is 81.4 Å². The van der Waals surface area contributed by atoms with Crippen molar-refractivity contribution in [3.05, 3.63) is 0 Å². The average molecular weight is 267 g/mol. The van der Waals surface area contributed by atoms with Crippen LogP contribution in [-0.2, 0) is 4.74 Å². The molecule has 0 aromatic carbocycles. The zero-order valence-electron chi connectivity index (χ0n) is 6.79. The fourth-order valence-electron chi connectivity index (χ4n) is 2.02. The van der Waals surface area contributed by atoms with E-state index >= 15 is 0 Å². The third-order valence-corrected chi connectivity index (χ3v) is 3.40. The molecule has 64 valence electrons. The summed E-state index contributed by atoms with van der Waals surface area (Å²) in [6.45, 7) is 4.40. The van der Waals surface area contributed by atoms with Gasteiger partial charge in [0.15, 0.2) is 0 Å². The Hall–Kier alpha value is 0.650. The SMILES string of the molecule is CC(I)N1CC2CCC1CO2. The van der Waals surface area contributed by atoms with E-state index in [1.807, 2.05) is 0 Å². The lowest BCUT2D eigenvalue weighted by Gasteiger charge is -2.46. The molecule has 3 fully saturated rings. The van der Waals surface area contributed by atoms with Gasteiger partial charge in [0, 0.05) is 12.6 Å². The van der Waals surface area contributed by atoms with E-state index in [1.54, 1.807) is 0 Å². The minimum absolute atomic E-state index is 0.539. The van der Waals surface area contributed by atoms with E-state index in [0.29, 0.717) is 16.2 Å². The topological polar surface area (TPSA) is 12.5 Å². The van der Waals surface area contributed by atoms with Gasteiger partial charge in [-0.3, -0.25) is 4.90 Å². The van der Waals surface area contributed by atoms with Gasteiger partial charge in [-0.25, -0.2) is 0 Å². The quantitative estimate of drug-likeness (QED) is 0.407. The van der Waals surface area contributed by atoms with Crippen molar-refractivity contribution in [1.29, 1.82) is 0 Å². The van der Waals surface area contributed by atoms with E-state index in [-0.39, 0.29) is 0 Å². The number of morpholine rings is 1. The summed E-state index contributed by atoms with van der Waals surface area (Å²) in [4.78, 5) is 2.57. The Bertz CT molecular complexity index is 143. The molecule has 0 aromatic heterocycles. The van der Waals surface area contributed by atoms with Crippen LogP contribution >= 0.6 is 22.6 Å². The molecule has 0 saturated carbocycles. The van der Waals surface area contributed by atoms with Crippen molar-refractivity contribution in [3.8, 4) is 0 Å². The molecule has 0 aromatic rings. The van der Waals surface area contributed by atoms with Crippen LogP contribution in [0.3, 0.4) is 0 Å². The van der Waals surface area contributed by atoms with E-state index < -0.39 is 0 Å². The standard InChI is InChI=1S/C8H14INO/c1-6(9)10-4-8-3-2-7(10)5-11-8/h6-8H,2-5H2,1H3. The maximum Gasteiger partial charge on any atom is 0.0703 e. The third kappa shape index (κ3) is 1.55. The summed E-state index contributed by atoms with van der Waals surface area (Å²) in [5.41, 5.74) is 0. The summed E-state index contributed by atoms with van der Waals surface area (Å²) in [6, 6.07) is 0.715. The van der Waals surface area contributed by atoms with Crippen molar-refractivity contribution in [2.24, 2.45) is 0 Å². The first-order chi connectivity index (χ1) is 5.27. The Kier molecular flexibility index (Phi) is 2.39. The largest absolute Gasteiger partial charge is 0.375 e. The lowest BCUT2D eigenvalue weighted by molar-refractivity contribution is -0.106. The van der Waals surface area contributed by atoms with Gasteiger partial charge in [0.05, 0.1) is 16.8 Å². The molecule has 0 aliphatic carbocycles. The van der Waals surface area contributed by atoms with Gasteiger partial charge in [-0.05, 0) is 19.8 Å². The Morgan fingerprint density at radius 2 is 2.36 bits per heavy atom. The highest BCUT2D eigenvalue weighted by molar-refractivity contribution is 14.1. The molecular weight excluding hydrogens is 253 g/mol. The number of hydrogen-bond acceptors (Lipinski definition) is 2. The number of ether oxygens (including phenoxy) is 1. The highest BCUT2D eigenvalue weighted by Crippen LogP contribution is 2.29. The lowest BCUT2D eigenvalue weighted by atomic mass is 9.97. The summed E-state index contributed by atoms with van der Waals surface area (Å²) >= 11 is 2.49. The molecule has 3 rings (SSSR count). The minimum atomic E-state index is 0.539. The molecule has 3 heteroatoms. The van der Waals surface area contributed by atoms with Gasteiger partial charge in [-0.1, -0.05) is 22.6 Å². The molecule has 2 nitrogen and oxygen atoms in total. The molecule has 0 amide bonds. The number of alkyl halides is 1. The summed E-state index contributed by atoms with van der Waals surface area (Å²) in [5, 5.41) is 0. The highest BCUT2D eigenvalue weighted by atomic mass is 127. The summed E-state index contributed by atoms with van der Waals surface area (Å²) in [5.74, 6) is 0. The van der Waals surface area contributed by atoms with Crippen LogP contribution in [0.1, 0.15) is 19.8 Å². The second kappa shape index (κ2) is 3.18. The summed E-state index contributed by atoms with van der Waals surface area (Å²) in [7, 11) is 0. The second-order valence-electron chi connectivity index (χ2n) is 3.46. The molecule has 3 aliphatic rings. The highest BCUT2D eigenvalue weighted by Gasteiger charge is 2.35. The number of hydrogen-bond donors (Lipinski definition) is 0. The van der Waals surface area contributed by atoms with Crippen LogP contribution in [0.15, 0.2) is 0 Å². The molecule has 3 heterocycles. The molecule has 0 N–H and O–H groups in total. The first-order valence-corrected chi connectivity index (χ1v) is 5.53. The lowest BCUT2D eigenvalue weighted by Crippen LogP contribution is -2.55. The molecule has 0 spiro atoms. The Morgan fingerprint density at radius 1 is 1.55 bits per heavy atom. The van der Waals surface area contributed by atoms with Crippen LogP contribution in [0.5, 0.6) is 0 Å². The zero-order valence-corrected chi connectivity index (χ0v) is 8.95. The van der Waals surface area contributed by atoms with E-state index in [4.69, 9.17) is 4.74 Å². The molecule has 3 unspecified atom stereocenters. The fourth-order valence-corrected chi connectivity index (χ4v) is 2.70. The van der Waals surface area contributed by atoms with Crippen molar-refractivity contribution < 1.29 is 4.74 Å². The number of piperidine rings is 1. The van der Waals surface area contributed by atoms with E-state index in [1.165, 1.54) is 12.8 Å². The van der Waals surface area contributed by atoms with Crippen LogP contribution in [0.4, 0.5) is 0 Å². The zero-order chi connectivity index (χ0) is 7.84. The third-order valence-electron chi connectivity index (χ3n) is 2.69. The van der Waals surface area contributed by atoms with Crippen LogP contribution in [-0.4, -0.2) is 34.2 Å². The van der Waals surface area contributed by atoms with Gasteiger partial charge >= 0.3 is 0 Å². The van der Waals surface area contributed by atoms with E-state index in [9.17, 15) is 0 Å². The predicted octanol–water partition coefficient (Wildman–Crippen LogP) is 1.63. The molecular formula is C8H14INO. The molecule has 11 heavy (non-hydrogen) atoms. The van der Waals surface area contributed by atoms with Crippen molar-refractivity contribution in [3.63, 3.8) is 0 Å². The Balaban J connectivity index is 2.03. The van der Waals surface area contributed by atoms with Crippen LogP contribution in [0.25, 0.3) is 0 Å². The Morgan fingerprint density at radius 3 is 2.64 bits per heavy atom. The minimum Gasteiger partial charge on any atom is -0.375 e. The van der Waals surface area contributed by atoms with Gasteiger partial charge < -0.3 is 4.74 Å². The maximum absolute atomic E-state index is 5.61. The first kappa shape index (κ1) is 8.26. The predicted molar refractivity (Wildman–Crippen MR) is 53.0 cm³/mol. The first-order valence-electron chi connectivity index (χ1n) is 4.29. The summed E-state index contributed by atoms with van der Waals surface area (Å²) in [6.07, 6.45) is 3.17. The van der Waals surface area contributed by atoms with Crippen LogP contribution in [0.2, 0.25) is 0 Å². The van der Waals surface area contributed by atoms with Gasteiger partial charge in [0.25, 0.3) is 0 Å². The summed E-state index contributed by atoms with van der Waals surface area (Å²) < 4.78 is 6.28. The molecule has 3 atom stereocenters. The van der Waals surface area contributed by atoms with E-state index in [2.05, 4.69) is 34.4 Å². The van der Waals surface area contributed by atoms with Gasteiger partial charge in [-0.15, -0.1) is 0 Å². The van der Waals surface area contributed by atoms with E-state index in [0.717, 1.165) is 13.2 Å². The normalized spacial score (nSPS) is 40.9. The molecule has 3 aliphatic heterocycles. The average Bonchev–Trinajstić information content (AvgIpc) is 2.06. The second-order valence-corrected chi connectivity index (χ2v) is 5.26. The smallest absolute Gasteiger partial charge is 0.0703 e. The number of halogens is 1. The monoisotopic (exact) mass is 267 g/mol. The molecule has 3 saturated heterocycles. The van der Waals surface area contributed by atoms with Crippen molar-refractivity contribution in [2.45, 2.75) is 36.0 Å². The molecule has 2 bridgehead atoms. The number of nitrogens with zero attached hydrogens (tertiary/aromatic N) is 1. The van der Waals surface area contributed by atoms with Crippen molar-refractivity contribution >= 4 is 22.6 Å². The maximum atomic E-state index is 5.61. The van der Waals surface area contributed by atoms with Crippen molar-refractivity contribution in [1.82, 2.24) is 4.90 Å². The molecule has 0 radical (unpaired) electrons. The van der Waals surface area contributed by atoms with Crippen LogP contribution in [0, 0.1) is 0 Å². The van der Waals surface area contributed by atoms with Gasteiger partial charge in [-0.2, -0.15) is 0 Å². The number of fused-ring (bicyclic) bond motifs is 3.